The van der Waals surface area contributed by atoms with Crippen LogP contribution in [0.1, 0.15) is 49.9 Å². The third-order valence-electron chi connectivity index (χ3n) is 5.58. The van der Waals surface area contributed by atoms with Crippen molar-refractivity contribution in [1.82, 2.24) is 4.90 Å². The lowest BCUT2D eigenvalue weighted by Crippen LogP contribution is -2.30. The monoisotopic (exact) mass is 474 g/mol. The van der Waals surface area contributed by atoms with Crippen molar-refractivity contribution in [2.45, 2.75) is 51.7 Å². The smallest absolute Gasteiger partial charge is 0.264 e. The third kappa shape index (κ3) is 4.57. The van der Waals surface area contributed by atoms with Crippen LogP contribution in [0.3, 0.4) is 0 Å². The maximum atomic E-state index is 6.29. The van der Waals surface area contributed by atoms with Crippen molar-refractivity contribution in [3.8, 4) is 17.2 Å². The van der Waals surface area contributed by atoms with Gasteiger partial charge in [-0.25, -0.2) is 0 Å². The molecule has 5 nitrogen and oxygen atoms in total. The molecule has 0 saturated heterocycles. The molecule has 32 heavy (non-hydrogen) atoms. The maximum Gasteiger partial charge on any atom is 0.264 e. The van der Waals surface area contributed by atoms with Crippen LogP contribution in [0.25, 0.3) is 0 Å². The number of rotatable bonds is 3. The summed E-state index contributed by atoms with van der Waals surface area (Å²) in [6.07, 6.45) is 1.65. The molecule has 0 fully saturated rings. The van der Waals surface area contributed by atoms with Crippen molar-refractivity contribution < 1.29 is 14.2 Å². The van der Waals surface area contributed by atoms with Gasteiger partial charge in [-0.05, 0) is 70.1 Å². The second kappa shape index (κ2) is 8.56. The van der Waals surface area contributed by atoms with Crippen molar-refractivity contribution in [3.63, 3.8) is 0 Å². The van der Waals surface area contributed by atoms with Crippen LogP contribution in [-0.2, 0) is 12.8 Å². The van der Waals surface area contributed by atoms with Gasteiger partial charge in [0, 0.05) is 37.2 Å². The summed E-state index contributed by atoms with van der Waals surface area (Å²) in [5.41, 5.74) is 5.02. The molecule has 0 atom stereocenters. The molecule has 0 spiro atoms. The zero-order chi connectivity index (χ0) is 22.6. The van der Waals surface area contributed by atoms with Crippen molar-refractivity contribution >= 4 is 35.5 Å². The van der Waals surface area contributed by atoms with Crippen molar-refractivity contribution in [1.29, 1.82) is 0 Å². The SMILES string of the molecule is COc1cc2c(c3c1OC(C)(C)C3)C(c1cccc(OC(=S)N(C)C)c1)=NC(C)(C)C2.Cl. The summed E-state index contributed by atoms with van der Waals surface area (Å²) in [5, 5.41) is 0.421. The number of nitrogens with zero attached hydrogens (tertiary/aromatic N) is 2. The Morgan fingerprint density at radius 1 is 1.12 bits per heavy atom. The minimum absolute atomic E-state index is 0. The Labute approximate surface area is 202 Å². The highest BCUT2D eigenvalue weighted by Crippen LogP contribution is 2.47. The zero-order valence-electron chi connectivity index (χ0n) is 19.7. The quantitative estimate of drug-likeness (QED) is 0.570. The van der Waals surface area contributed by atoms with E-state index in [-0.39, 0.29) is 23.5 Å². The number of thiocarbonyl (C=S) groups is 1. The highest BCUT2D eigenvalue weighted by molar-refractivity contribution is 7.80. The fourth-order valence-electron chi connectivity index (χ4n) is 4.33. The van der Waals surface area contributed by atoms with Crippen LogP contribution < -0.4 is 14.2 Å². The van der Waals surface area contributed by atoms with Crippen molar-refractivity contribution in [2.24, 2.45) is 4.99 Å². The van der Waals surface area contributed by atoms with Crippen LogP contribution in [0, 0.1) is 0 Å². The molecule has 2 heterocycles. The first-order valence-electron chi connectivity index (χ1n) is 10.5. The number of ether oxygens (including phenoxy) is 3. The van der Waals surface area contributed by atoms with Gasteiger partial charge >= 0.3 is 0 Å². The van der Waals surface area contributed by atoms with E-state index in [0.29, 0.717) is 10.9 Å². The van der Waals surface area contributed by atoms with Gasteiger partial charge in [0.2, 0.25) is 0 Å². The Kier molecular flexibility index (Phi) is 6.51. The topological polar surface area (TPSA) is 43.3 Å². The normalized spacial score (nSPS) is 17.2. The van der Waals surface area contributed by atoms with Crippen LogP contribution in [0.15, 0.2) is 35.3 Å². The summed E-state index contributed by atoms with van der Waals surface area (Å²) in [6, 6.07) is 10.1. The van der Waals surface area contributed by atoms with E-state index in [1.54, 1.807) is 12.0 Å². The molecule has 172 valence electrons. The number of methoxy groups -OCH3 is 1. The van der Waals surface area contributed by atoms with E-state index in [0.717, 1.165) is 41.2 Å². The summed E-state index contributed by atoms with van der Waals surface area (Å²) >= 11 is 5.32. The highest BCUT2D eigenvalue weighted by atomic mass is 35.5. The van der Waals surface area contributed by atoms with Gasteiger partial charge in [0.15, 0.2) is 11.5 Å². The standard InChI is InChI=1S/C25H30N2O3S.ClH/c1-24(2)13-16-12-19(28-7)22-18(14-25(3,4)30-22)20(16)21(26-24)15-9-8-10-17(11-15)29-23(31)27(5)6;/h8-12H,13-14H2,1-7H3;1H. The van der Waals surface area contributed by atoms with Crippen LogP contribution in [0.2, 0.25) is 0 Å². The van der Waals surface area contributed by atoms with Gasteiger partial charge in [-0.1, -0.05) is 12.1 Å². The van der Waals surface area contributed by atoms with Crippen LogP contribution in [-0.4, -0.2) is 48.1 Å². The Bertz CT molecular complexity index is 1090. The second-order valence-electron chi connectivity index (χ2n) is 9.70. The minimum atomic E-state index is -0.286. The van der Waals surface area contributed by atoms with Crippen LogP contribution in [0.4, 0.5) is 0 Å². The van der Waals surface area contributed by atoms with Gasteiger partial charge in [-0.2, -0.15) is 0 Å². The number of aliphatic imine (C=N–C) groups is 1. The molecule has 2 aromatic rings. The van der Waals surface area contributed by atoms with Gasteiger partial charge < -0.3 is 19.1 Å². The lowest BCUT2D eigenvalue weighted by molar-refractivity contribution is 0.134. The predicted molar refractivity (Wildman–Crippen MR) is 135 cm³/mol. The fraction of sp³-hybridized carbons (Fsp3) is 0.440. The Hall–Kier alpha value is -2.31. The van der Waals surface area contributed by atoms with E-state index in [1.165, 1.54) is 11.1 Å². The lowest BCUT2D eigenvalue weighted by atomic mass is 9.81. The summed E-state index contributed by atoms with van der Waals surface area (Å²) in [6.45, 7) is 8.55. The molecule has 2 aromatic carbocycles. The molecule has 0 aliphatic carbocycles. The van der Waals surface area contributed by atoms with E-state index >= 15 is 0 Å². The summed E-state index contributed by atoms with van der Waals surface area (Å²) < 4.78 is 17.9. The van der Waals surface area contributed by atoms with Crippen molar-refractivity contribution in [2.75, 3.05) is 21.2 Å². The second-order valence-corrected chi connectivity index (χ2v) is 10.0. The van der Waals surface area contributed by atoms with E-state index in [4.69, 9.17) is 31.4 Å². The highest BCUT2D eigenvalue weighted by Gasteiger charge is 2.39. The minimum Gasteiger partial charge on any atom is -0.493 e. The number of hydrogen-bond donors (Lipinski definition) is 0. The first-order chi connectivity index (χ1) is 14.5. The molecule has 2 aliphatic rings. The van der Waals surface area contributed by atoms with E-state index < -0.39 is 0 Å². The van der Waals surface area contributed by atoms with E-state index in [9.17, 15) is 0 Å². The van der Waals surface area contributed by atoms with Gasteiger partial charge in [0.05, 0.1) is 18.4 Å². The molecule has 4 rings (SSSR count). The van der Waals surface area contributed by atoms with Crippen LogP contribution in [0.5, 0.6) is 17.2 Å². The Balaban J connectivity index is 0.00000289. The lowest BCUT2D eigenvalue weighted by Gasteiger charge is -2.31. The molecule has 0 unspecified atom stereocenters. The zero-order valence-corrected chi connectivity index (χ0v) is 21.4. The van der Waals surface area contributed by atoms with Gasteiger partial charge in [0.1, 0.15) is 11.4 Å². The molecule has 0 N–H and O–H groups in total. The van der Waals surface area contributed by atoms with Gasteiger partial charge in [-0.3, -0.25) is 4.99 Å². The first-order valence-corrected chi connectivity index (χ1v) is 10.9. The fourth-order valence-corrected chi connectivity index (χ4v) is 4.42. The Morgan fingerprint density at radius 3 is 2.50 bits per heavy atom. The first kappa shape index (κ1) is 24.3. The molecule has 2 aliphatic heterocycles. The number of hydrogen-bond acceptors (Lipinski definition) is 5. The summed E-state index contributed by atoms with van der Waals surface area (Å²) in [4.78, 5) is 6.96. The molecular weight excluding hydrogens is 444 g/mol. The number of fused-ring (bicyclic) bond motifs is 3. The molecule has 0 amide bonds. The van der Waals surface area contributed by atoms with E-state index in [2.05, 4.69) is 39.8 Å². The number of halogens is 1. The molecular formula is C25H31ClN2O3S. The van der Waals surface area contributed by atoms with E-state index in [1.807, 2.05) is 32.3 Å². The molecule has 0 aromatic heterocycles. The number of benzene rings is 2. The Morgan fingerprint density at radius 2 is 1.84 bits per heavy atom. The third-order valence-corrected chi connectivity index (χ3v) is 6.03. The summed E-state index contributed by atoms with van der Waals surface area (Å²) in [7, 11) is 5.44. The largest absolute Gasteiger partial charge is 0.493 e. The molecule has 7 heteroatoms. The van der Waals surface area contributed by atoms with Gasteiger partial charge in [-0.15, -0.1) is 12.4 Å². The average Bonchev–Trinajstić information content (AvgIpc) is 3.00. The van der Waals surface area contributed by atoms with Crippen LogP contribution >= 0.6 is 24.6 Å². The van der Waals surface area contributed by atoms with Crippen molar-refractivity contribution in [3.05, 3.63) is 52.6 Å². The average molecular weight is 475 g/mol. The molecule has 0 saturated carbocycles. The van der Waals surface area contributed by atoms with Gasteiger partial charge in [0.25, 0.3) is 5.17 Å². The summed E-state index contributed by atoms with van der Waals surface area (Å²) in [5.74, 6) is 2.33. The predicted octanol–water partition coefficient (Wildman–Crippen LogP) is 5.23. The maximum absolute atomic E-state index is 6.29. The molecule has 0 bridgehead atoms. The molecule has 0 radical (unpaired) electrons.